The highest BCUT2D eigenvalue weighted by Gasteiger charge is 2.51. The first-order valence-electron chi connectivity index (χ1n) is 14.1. The van der Waals surface area contributed by atoms with E-state index in [1.54, 1.807) is 0 Å². The van der Waals surface area contributed by atoms with Gasteiger partial charge in [-0.25, -0.2) is 8.78 Å². The number of hydrogen-bond donors (Lipinski definition) is 0. The van der Waals surface area contributed by atoms with E-state index in [2.05, 4.69) is 15.0 Å². The predicted octanol–water partition coefficient (Wildman–Crippen LogP) is 4.99. The van der Waals surface area contributed by atoms with Crippen molar-refractivity contribution >= 4 is 11.8 Å². The molecule has 0 atom stereocenters. The lowest BCUT2D eigenvalue weighted by molar-refractivity contribution is -0.149. The first kappa shape index (κ1) is 28.1. The number of piperidine rings is 1. The van der Waals surface area contributed by atoms with Gasteiger partial charge in [-0.2, -0.15) is 0 Å². The predicted molar refractivity (Wildman–Crippen MR) is 146 cm³/mol. The van der Waals surface area contributed by atoms with E-state index in [4.69, 9.17) is 19.0 Å². The molecule has 8 nitrogen and oxygen atoms in total. The summed E-state index contributed by atoms with van der Waals surface area (Å²) in [5, 5.41) is 4.42. The van der Waals surface area contributed by atoms with E-state index in [1.165, 1.54) is 12.1 Å². The topological polar surface area (TPSA) is 72.8 Å². The quantitative estimate of drug-likeness (QED) is 0.402. The maximum Gasteiger partial charge on any atom is 0.309 e. The lowest BCUT2D eigenvalue weighted by atomic mass is 9.88. The molecule has 0 saturated carbocycles. The third kappa shape index (κ3) is 5.87. The maximum absolute atomic E-state index is 14.1. The van der Waals surface area contributed by atoms with Gasteiger partial charge < -0.3 is 23.9 Å². The van der Waals surface area contributed by atoms with Gasteiger partial charge in [0.1, 0.15) is 17.3 Å². The van der Waals surface area contributed by atoms with Gasteiger partial charge in [-0.3, -0.25) is 9.69 Å². The molecule has 3 aliphatic heterocycles. The summed E-state index contributed by atoms with van der Waals surface area (Å²) in [4.78, 5) is 22.5. The summed E-state index contributed by atoms with van der Waals surface area (Å²) >= 11 is 0. The molecule has 2 aromatic rings. The molecule has 0 aromatic heterocycles. The lowest BCUT2D eigenvalue weighted by Gasteiger charge is -2.45. The zero-order valence-corrected chi connectivity index (χ0v) is 23.4. The van der Waals surface area contributed by atoms with Crippen LogP contribution in [-0.2, 0) is 20.9 Å². The molecule has 3 heterocycles. The highest BCUT2D eigenvalue weighted by Crippen LogP contribution is 2.42. The second-order valence-electron chi connectivity index (χ2n) is 10.6. The fraction of sp³-hybridized carbons (Fsp3) is 0.533. The number of carbonyl (C=O) groups is 1. The van der Waals surface area contributed by atoms with Gasteiger partial charge in [0.25, 0.3) is 0 Å². The molecule has 0 radical (unpaired) electrons. The minimum Gasteiger partial charge on any atom is -0.493 e. The van der Waals surface area contributed by atoms with Crippen LogP contribution < -0.4 is 9.47 Å². The third-order valence-electron chi connectivity index (χ3n) is 7.67. The zero-order valence-electron chi connectivity index (χ0n) is 23.4. The first-order chi connectivity index (χ1) is 19.3. The van der Waals surface area contributed by atoms with Crippen LogP contribution in [0.5, 0.6) is 11.5 Å². The summed E-state index contributed by atoms with van der Waals surface area (Å²) in [7, 11) is 0. The van der Waals surface area contributed by atoms with Crippen LogP contribution in [0.25, 0.3) is 11.1 Å². The molecule has 0 bridgehead atoms. The van der Waals surface area contributed by atoms with Crippen LogP contribution in [0.15, 0.2) is 35.5 Å². The average Bonchev–Trinajstić information content (AvgIpc) is 3.37. The molecular formula is C30H37F2N3O5. The highest BCUT2D eigenvalue weighted by atomic mass is 19.2. The molecule has 10 heteroatoms. The van der Waals surface area contributed by atoms with Crippen LogP contribution in [0.2, 0.25) is 0 Å². The third-order valence-corrected chi connectivity index (χ3v) is 7.67. The number of rotatable bonds is 9. The molecule has 2 aromatic carbocycles. The summed E-state index contributed by atoms with van der Waals surface area (Å²) in [5.74, 6) is 0.135. The first-order valence-corrected chi connectivity index (χ1v) is 14.1. The van der Waals surface area contributed by atoms with E-state index in [1.807, 2.05) is 32.9 Å². The van der Waals surface area contributed by atoms with E-state index < -0.39 is 11.6 Å². The van der Waals surface area contributed by atoms with Crippen molar-refractivity contribution in [1.82, 2.24) is 9.80 Å². The Morgan fingerprint density at radius 1 is 1.00 bits per heavy atom. The Hall–Kier alpha value is -3.40. The number of likely N-dealkylation sites (tertiary alicyclic amines) is 2. The molecule has 1 spiro atoms. The Morgan fingerprint density at radius 2 is 1.68 bits per heavy atom. The van der Waals surface area contributed by atoms with Crippen molar-refractivity contribution in [2.75, 3.05) is 46.0 Å². The van der Waals surface area contributed by atoms with E-state index in [-0.39, 0.29) is 17.5 Å². The summed E-state index contributed by atoms with van der Waals surface area (Å²) in [5.41, 5.74) is 1.77. The molecule has 5 rings (SSSR count). The molecule has 0 N–H and O–H groups in total. The number of esters is 1. The number of benzene rings is 2. The van der Waals surface area contributed by atoms with Crippen LogP contribution in [0.3, 0.4) is 0 Å². The summed E-state index contributed by atoms with van der Waals surface area (Å²) in [6.07, 6.45) is 2.28. The van der Waals surface area contributed by atoms with Crippen molar-refractivity contribution in [3.63, 3.8) is 0 Å². The van der Waals surface area contributed by atoms with Crippen molar-refractivity contribution in [2.24, 2.45) is 11.1 Å². The Balaban J connectivity index is 1.22. The minimum atomic E-state index is -0.918. The number of halogens is 2. The number of nitrogens with zero attached hydrogens (tertiary/aromatic N) is 3. The number of oxime groups is 1. The van der Waals surface area contributed by atoms with Crippen molar-refractivity contribution in [3.05, 3.63) is 47.5 Å². The van der Waals surface area contributed by atoms with Gasteiger partial charge in [0.2, 0.25) is 0 Å². The van der Waals surface area contributed by atoms with Gasteiger partial charge in [-0.15, -0.1) is 0 Å². The standard InChI is InChI=1S/C30H37F2N3O5/c1-4-37-25-13-20(14-26(38-5-2)28(25)22-7-8-23(31)24(32)15-22)17-34-18-30(19-34)16-27(33-40-30)35-11-9-21(10-12-35)29(36)39-6-3/h7-8,13-15,21H,4-6,9-12,16-19H2,1-3H3. The van der Waals surface area contributed by atoms with Crippen molar-refractivity contribution in [2.45, 2.75) is 52.2 Å². The SMILES string of the molecule is CCOC(=O)C1CCN(C2=NOC3(C2)CN(Cc2cc(OCC)c(-c4ccc(F)c(F)c4)c(OCC)c2)C3)CC1. The highest BCUT2D eigenvalue weighted by molar-refractivity contribution is 5.85. The summed E-state index contributed by atoms with van der Waals surface area (Å²) in [6, 6.07) is 7.70. The van der Waals surface area contributed by atoms with E-state index >= 15 is 0 Å². The van der Waals surface area contributed by atoms with Crippen LogP contribution in [-0.4, -0.2) is 73.2 Å². The monoisotopic (exact) mass is 557 g/mol. The van der Waals surface area contributed by atoms with E-state index in [0.717, 1.165) is 62.9 Å². The van der Waals surface area contributed by atoms with Crippen LogP contribution >= 0.6 is 0 Å². The fourth-order valence-corrected chi connectivity index (χ4v) is 5.82. The number of amidine groups is 1. The Bertz CT molecular complexity index is 1230. The fourth-order valence-electron chi connectivity index (χ4n) is 5.82. The minimum absolute atomic E-state index is 0.0381. The molecule has 2 fully saturated rings. The molecule has 0 amide bonds. The van der Waals surface area contributed by atoms with Gasteiger partial charge >= 0.3 is 5.97 Å². The molecule has 0 unspecified atom stereocenters. The van der Waals surface area contributed by atoms with Crippen molar-refractivity contribution in [3.8, 4) is 22.6 Å². The van der Waals surface area contributed by atoms with Gasteiger partial charge in [0.05, 0.1) is 37.7 Å². The van der Waals surface area contributed by atoms with Crippen LogP contribution in [0, 0.1) is 17.6 Å². The van der Waals surface area contributed by atoms with E-state index in [9.17, 15) is 13.6 Å². The zero-order chi connectivity index (χ0) is 28.3. The number of hydrogen-bond acceptors (Lipinski definition) is 8. The van der Waals surface area contributed by atoms with Gasteiger partial charge in [-0.05, 0) is 69.0 Å². The molecular weight excluding hydrogens is 520 g/mol. The maximum atomic E-state index is 14.1. The normalized spacial score (nSPS) is 18.7. The van der Waals surface area contributed by atoms with Gasteiger partial charge in [-0.1, -0.05) is 11.2 Å². The van der Waals surface area contributed by atoms with Crippen LogP contribution in [0.1, 0.15) is 45.6 Å². The molecule has 0 aliphatic carbocycles. The Kier molecular flexibility index (Phi) is 8.44. The lowest BCUT2D eigenvalue weighted by Crippen LogP contribution is -2.61. The summed E-state index contributed by atoms with van der Waals surface area (Å²) in [6.45, 7) is 10.5. The molecule has 3 aliphatic rings. The molecule has 2 saturated heterocycles. The summed E-state index contributed by atoms with van der Waals surface area (Å²) < 4.78 is 44.7. The molecule has 216 valence electrons. The van der Waals surface area contributed by atoms with Crippen molar-refractivity contribution < 1.29 is 32.6 Å². The van der Waals surface area contributed by atoms with Gasteiger partial charge in [0, 0.05) is 32.7 Å². The van der Waals surface area contributed by atoms with Crippen molar-refractivity contribution in [1.29, 1.82) is 0 Å². The second kappa shape index (κ2) is 12.0. The average molecular weight is 558 g/mol. The largest absolute Gasteiger partial charge is 0.493 e. The smallest absolute Gasteiger partial charge is 0.309 e. The Labute approximate surface area is 233 Å². The molecule has 40 heavy (non-hydrogen) atoms. The number of carbonyl (C=O) groups excluding carboxylic acids is 1. The van der Waals surface area contributed by atoms with Gasteiger partial charge in [0.15, 0.2) is 17.2 Å². The van der Waals surface area contributed by atoms with Crippen LogP contribution in [0.4, 0.5) is 8.78 Å². The number of ether oxygens (including phenoxy) is 3. The second-order valence-corrected chi connectivity index (χ2v) is 10.6. The Morgan fingerprint density at radius 3 is 2.27 bits per heavy atom. The van der Waals surface area contributed by atoms with E-state index in [0.29, 0.717) is 49.0 Å².